The Morgan fingerprint density at radius 3 is 2.80 bits per heavy atom. The van der Waals surface area contributed by atoms with Gasteiger partial charge in [0.1, 0.15) is 0 Å². The number of ether oxygens (including phenoxy) is 3. The van der Waals surface area contributed by atoms with Crippen molar-refractivity contribution in [3.63, 3.8) is 0 Å². The quantitative estimate of drug-likeness (QED) is 0.637. The van der Waals surface area contributed by atoms with Gasteiger partial charge in [0.25, 0.3) is 0 Å². The van der Waals surface area contributed by atoms with Crippen molar-refractivity contribution in [3.8, 4) is 0 Å². The van der Waals surface area contributed by atoms with Crippen LogP contribution in [0.4, 0.5) is 0 Å². The molecule has 1 aliphatic carbocycles. The van der Waals surface area contributed by atoms with Gasteiger partial charge in [-0.15, -0.1) is 0 Å². The summed E-state index contributed by atoms with van der Waals surface area (Å²) in [5.74, 6) is 0.412. The first kappa shape index (κ1) is 15.8. The zero-order valence-corrected chi connectivity index (χ0v) is 12.8. The maximum absolute atomic E-state index is 6.06. The average molecular weight is 276 g/mol. The molecule has 0 aromatic carbocycles. The Morgan fingerprint density at radius 1 is 1.20 bits per heavy atom. The van der Waals surface area contributed by atoms with Crippen molar-refractivity contribution in [1.82, 2.24) is 0 Å². The van der Waals surface area contributed by atoms with E-state index in [1.54, 1.807) is 0 Å². The van der Waals surface area contributed by atoms with E-state index in [2.05, 4.69) is 26.0 Å². The minimum Gasteiger partial charge on any atom is -0.379 e. The van der Waals surface area contributed by atoms with Gasteiger partial charge in [-0.05, 0) is 25.8 Å². The highest BCUT2D eigenvalue weighted by molar-refractivity contribution is 6.11. The first-order valence-electron chi connectivity index (χ1n) is 7.51. The van der Waals surface area contributed by atoms with E-state index in [0.29, 0.717) is 32.3 Å². The summed E-state index contributed by atoms with van der Waals surface area (Å²) in [5, 5.41) is 0. The minimum atomic E-state index is 0.0326. The molecule has 2 rings (SSSR count). The van der Waals surface area contributed by atoms with Gasteiger partial charge >= 0.3 is 0 Å². The minimum absolute atomic E-state index is 0.0326. The molecule has 0 saturated carbocycles. The maximum Gasteiger partial charge on any atom is 0.0870 e. The van der Waals surface area contributed by atoms with E-state index < -0.39 is 0 Å². The van der Waals surface area contributed by atoms with E-state index in [1.807, 2.05) is 6.92 Å². The highest BCUT2D eigenvalue weighted by Crippen LogP contribution is 2.27. The number of hydrogen-bond donors (Lipinski definition) is 0. The molecule has 1 saturated heterocycles. The molecule has 3 nitrogen and oxygen atoms in total. The van der Waals surface area contributed by atoms with Crippen LogP contribution in [-0.2, 0) is 14.2 Å². The van der Waals surface area contributed by atoms with E-state index in [1.165, 1.54) is 11.1 Å². The number of fused-ring (bicyclic) bond motifs is 1. The number of rotatable bonds is 0. The molecule has 2 aliphatic rings. The van der Waals surface area contributed by atoms with Gasteiger partial charge in [-0.2, -0.15) is 0 Å². The van der Waals surface area contributed by atoms with E-state index in [9.17, 15) is 0 Å². The predicted molar refractivity (Wildman–Crippen MR) is 81.1 cm³/mol. The molecule has 4 unspecified atom stereocenters. The Labute approximate surface area is 123 Å². The van der Waals surface area contributed by atoms with Gasteiger partial charge in [0.15, 0.2) is 0 Å². The van der Waals surface area contributed by atoms with E-state index in [4.69, 9.17) is 22.1 Å². The van der Waals surface area contributed by atoms with E-state index >= 15 is 0 Å². The van der Waals surface area contributed by atoms with Crippen LogP contribution in [0.25, 0.3) is 0 Å². The zero-order valence-electron chi connectivity index (χ0n) is 12.8. The highest BCUT2D eigenvalue weighted by Gasteiger charge is 2.25. The predicted octanol–water partition coefficient (Wildman–Crippen LogP) is 2.68. The highest BCUT2D eigenvalue weighted by atomic mass is 16.5. The molecule has 1 fully saturated rings. The van der Waals surface area contributed by atoms with Crippen molar-refractivity contribution >= 4 is 7.85 Å². The normalized spacial score (nSPS) is 37.0. The summed E-state index contributed by atoms with van der Waals surface area (Å²) in [7, 11) is 6.01. The van der Waals surface area contributed by atoms with E-state index in [0.717, 1.165) is 6.42 Å². The van der Waals surface area contributed by atoms with Crippen LogP contribution in [0.1, 0.15) is 27.2 Å². The first-order chi connectivity index (χ1) is 9.56. The topological polar surface area (TPSA) is 27.7 Å². The molecule has 0 N–H and O–H groups in total. The standard InChI is InChI=1S/C16H25BO3/c1-11-6-12(2)16-14(7-11)9-20-13(3)8-18-10-15(17)4-5-19-16/h6-7,12-13,15-16H,4-5,8-10H2,1-3H3. The van der Waals surface area contributed by atoms with Gasteiger partial charge in [0, 0.05) is 19.1 Å². The third-order valence-electron chi connectivity index (χ3n) is 3.79. The fourth-order valence-corrected chi connectivity index (χ4v) is 2.75. The lowest BCUT2D eigenvalue weighted by Gasteiger charge is -2.30. The van der Waals surface area contributed by atoms with Gasteiger partial charge in [-0.1, -0.05) is 30.5 Å². The largest absolute Gasteiger partial charge is 0.379 e. The lowest BCUT2D eigenvalue weighted by molar-refractivity contribution is -0.0220. The summed E-state index contributed by atoms with van der Waals surface area (Å²) in [6, 6.07) is 0. The van der Waals surface area contributed by atoms with Crippen LogP contribution in [0.3, 0.4) is 0 Å². The van der Waals surface area contributed by atoms with Crippen LogP contribution in [0.2, 0.25) is 5.82 Å². The fraction of sp³-hybridized carbons (Fsp3) is 0.750. The van der Waals surface area contributed by atoms with Crippen molar-refractivity contribution in [2.75, 3.05) is 26.4 Å². The Kier molecular flexibility index (Phi) is 5.88. The molecule has 2 radical (unpaired) electrons. The molecule has 110 valence electrons. The number of allylic oxidation sites excluding steroid dienone is 2. The molecule has 1 heterocycles. The fourth-order valence-electron chi connectivity index (χ4n) is 2.75. The van der Waals surface area contributed by atoms with Crippen molar-refractivity contribution in [1.29, 1.82) is 0 Å². The van der Waals surface area contributed by atoms with Gasteiger partial charge in [0.2, 0.25) is 0 Å². The van der Waals surface area contributed by atoms with Crippen LogP contribution < -0.4 is 0 Å². The lowest BCUT2D eigenvalue weighted by Crippen LogP contribution is -2.31. The van der Waals surface area contributed by atoms with E-state index in [-0.39, 0.29) is 18.0 Å². The van der Waals surface area contributed by atoms with Crippen LogP contribution >= 0.6 is 0 Å². The van der Waals surface area contributed by atoms with Gasteiger partial charge in [-0.3, -0.25) is 0 Å². The Morgan fingerprint density at radius 2 is 2.00 bits per heavy atom. The molecule has 4 atom stereocenters. The average Bonchev–Trinajstić information content (AvgIpc) is 2.37. The Bertz CT molecular complexity index is 378. The Balaban J connectivity index is 2.07. The van der Waals surface area contributed by atoms with Crippen LogP contribution in [0.15, 0.2) is 23.3 Å². The molecule has 0 amide bonds. The van der Waals surface area contributed by atoms with Crippen molar-refractivity contribution < 1.29 is 14.2 Å². The lowest BCUT2D eigenvalue weighted by atomic mass is 9.85. The molecule has 4 heteroatoms. The van der Waals surface area contributed by atoms with Crippen LogP contribution in [0.5, 0.6) is 0 Å². The molecule has 0 aromatic heterocycles. The summed E-state index contributed by atoms with van der Waals surface area (Å²) in [6.07, 6.45) is 5.45. The molecular formula is C16H25BO3. The van der Waals surface area contributed by atoms with Gasteiger partial charge in [-0.25, -0.2) is 0 Å². The molecule has 0 bridgehead atoms. The molecule has 20 heavy (non-hydrogen) atoms. The summed E-state index contributed by atoms with van der Waals surface area (Å²) >= 11 is 0. The smallest absolute Gasteiger partial charge is 0.0870 e. The second-order valence-electron chi connectivity index (χ2n) is 5.99. The van der Waals surface area contributed by atoms with Crippen molar-refractivity contribution in [2.24, 2.45) is 5.92 Å². The second kappa shape index (κ2) is 7.44. The zero-order chi connectivity index (χ0) is 14.5. The number of hydrogen-bond acceptors (Lipinski definition) is 3. The van der Waals surface area contributed by atoms with Crippen LogP contribution in [0, 0.1) is 5.92 Å². The third-order valence-corrected chi connectivity index (χ3v) is 3.79. The first-order valence-corrected chi connectivity index (χ1v) is 7.51. The monoisotopic (exact) mass is 276 g/mol. The van der Waals surface area contributed by atoms with Crippen molar-refractivity contribution in [2.45, 2.75) is 45.2 Å². The molecule has 0 spiro atoms. The molecular weight excluding hydrogens is 251 g/mol. The summed E-state index contributed by atoms with van der Waals surface area (Å²) in [5.41, 5.74) is 2.50. The van der Waals surface area contributed by atoms with Gasteiger partial charge < -0.3 is 14.2 Å². The summed E-state index contributed by atoms with van der Waals surface area (Å²) in [4.78, 5) is 0. The SMILES string of the molecule is [B]C1CCOC2C(=CC(C)=CC2C)COC(C)COC1. The Hall–Kier alpha value is -0.575. The summed E-state index contributed by atoms with van der Waals surface area (Å²) in [6.45, 7) is 8.78. The second-order valence-corrected chi connectivity index (χ2v) is 5.99. The van der Waals surface area contributed by atoms with Gasteiger partial charge in [0.05, 0.1) is 33.3 Å². The van der Waals surface area contributed by atoms with Crippen LogP contribution in [-0.4, -0.2) is 46.5 Å². The summed E-state index contributed by atoms with van der Waals surface area (Å²) < 4.78 is 17.5. The molecule has 1 aliphatic heterocycles. The van der Waals surface area contributed by atoms with Crippen molar-refractivity contribution in [3.05, 3.63) is 23.3 Å². The molecule has 0 aromatic rings. The maximum atomic E-state index is 6.06. The third kappa shape index (κ3) is 4.47.